The Morgan fingerprint density at radius 1 is 1.38 bits per heavy atom. The molecule has 0 saturated heterocycles. The summed E-state index contributed by atoms with van der Waals surface area (Å²) in [6.45, 7) is 6.45. The van der Waals surface area contributed by atoms with Gasteiger partial charge in [-0.05, 0) is 44.0 Å². The number of thiocarbonyl (C=S) groups is 1. The lowest BCUT2D eigenvalue weighted by molar-refractivity contribution is 0.395. The SMILES string of the molecule is CC(CC(C)(C)NC(N)=S)c1ccccc1. The summed E-state index contributed by atoms with van der Waals surface area (Å²) in [5.41, 5.74) is 6.79. The molecule has 0 aromatic heterocycles. The summed E-state index contributed by atoms with van der Waals surface area (Å²) in [4.78, 5) is 0. The smallest absolute Gasteiger partial charge is 0.164 e. The third-order valence-corrected chi connectivity index (χ3v) is 2.75. The van der Waals surface area contributed by atoms with Crippen LogP contribution in [-0.4, -0.2) is 10.7 Å². The van der Waals surface area contributed by atoms with Crippen LogP contribution in [0, 0.1) is 0 Å². The Balaban J connectivity index is 2.64. The molecule has 0 heterocycles. The predicted octanol–water partition coefficient (Wildman–Crippen LogP) is 2.79. The summed E-state index contributed by atoms with van der Waals surface area (Å²) >= 11 is 4.88. The molecule has 16 heavy (non-hydrogen) atoms. The summed E-state index contributed by atoms with van der Waals surface area (Å²) in [7, 11) is 0. The summed E-state index contributed by atoms with van der Waals surface area (Å²) in [5, 5.41) is 3.49. The zero-order chi connectivity index (χ0) is 12.2. The Morgan fingerprint density at radius 2 is 1.94 bits per heavy atom. The van der Waals surface area contributed by atoms with Gasteiger partial charge in [0, 0.05) is 5.54 Å². The predicted molar refractivity (Wildman–Crippen MR) is 73.5 cm³/mol. The third kappa shape index (κ3) is 4.19. The van der Waals surface area contributed by atoms with Crippen molar-refractivity contribution in [3.8, 4) is 0 Å². The van der Waals surface area contributed by atoms with E-state index in [0.29, 0.717) is 11.0 Å². The molecule has 1 atom stereocenters. The van der Waals surface area contributed by atoms with Crippen LogP contribution in [-0.2, 0) is 0 Å². The highest BCUT2D eigenvalue weighted by Gasteiger charge is 2.21. The van der Waals surface area contributed by atoms with Crippen LogP contribution in [0.25, 0.3) is 0 Å². The normalized spacial score (nSPS) is 13.2. The molecule has 1 aromatic rings. The van der Waals surface area contributed by atoms with Crippen LogP contribution < -0.4 is 11.1 Å². The van der Waals surface area contributed by atoms with Crippen molar-refractivity contribution in [2.75, 3.05) is 0 Å². The summed E-state index contributed by atoms with van der Waals surface area (Å²) in [6, 6.07) is 10.5. The standard InChI is InChI=1S/C13H20N2S/c1-10(11-7-5-4-6-8-11)9-13(2,3)15-12(14)16/h4-8,10H,9H2,1-3H3,(H3,14,15,16). The number of nitrogens with one attached hydrogen (secondary N) is 1. The van der Waals surface area contributed by atoms with Crippen LogP contribution in [0.3, 0.4) is 0 Å². The minimum atomic E-state index is -0.0684. The molecule has 0 amide bonds. The molecule has 1 aromatic carbocycles. The molecule has 1 rings (SSSR count). The minimum Gasteiger partial charge on any atom is -0.376 e. The Kier molecular flexibility index (Phi) is 4.30. The highest BCUT2D eigenvalue weighted by molar-refractivity contribution is 7.80. The van der Waals surface area contributed by atoms with E-state index in [-0.39, 0.29) is 5.54 Å². The van der Waals surface area contributed by atoms with Gasteiger partial charge >= 0.3 is 0 Å². The van der Waals surface area contributed by atoms with Crippen molar-refractivity contribution in [3.63, 3.8) is 0 Å². The summed E-state index contributed by atoms with van der Waals surface area (Å²) in [5.74, 6) is 0.484. The van der Waals surface area contributed by atoms with E-state index in [1.54, 1.807) is 0 Å². The molecule has 0 saturated carbocycles. The fourth-order valence-electron chi connectivity index (χ4n) is 2.05. The van der Waals surface area contributed by atoms with Gasteiger partial charge in [0.2, 0.25) is 0 Å². The van der Waals surface area contributed by atoms with Crippen LogP contribution in [0.15, 0.2) is 30.3 Å². The number of nitrogens with two attached hydrogens (primary N) is 1. The molecule has 0 aliphatic rings. The molecule has 0 bridgehead atoms. The van der Waals surface area contributed by atoms with Crippen molar-refractivity contribution >= 4 is 17.3 Å². The number of benzene rings is 1. The topological polar surface area (TPSA) is 38.0 Å². The van der Waals surface area contributed by atoms with Gasteiger partial charge in [-0.1, -0.05) is 37.3 Å². The molecular weight excluding hydrogens is 216 g/mol. The Bertz CT molecular complexity index is 346. The number of hydrogen-bond donors (Lipinski definition) is 2. The Hall–Kier alpha value is -1.09. The largest absolute Gasteiger partial charge is 0.376 e. The highest BCUT2D eigenvalue weighted by atomic mass is 32.1. The van der Waals surface area contributed by atoms with Gasteiger partial charge in [0.05, 0.1) is 0 Å². The van der Waals surface area contributed by atoms with E-state index in [1.165, 1.54) is 5.56 Å². The molecule has 0 aliphatic heterocycles. The van der Waals surface area contributed by atoms with Crippen molar-refractivity contribution in [2.45, 2.75) is 38.6 Å². The quantitative estimate of drug-likeness (QED) is 0.790. The molecule has 2 nitrogen and oxygen atoms in total. The molecule has 3 N–H and O–H groups in total. The zero-order valence-corrected chi connectivity index (χ0v) is 11.0. The molecule has 0 spiro atoms. The molecule has 0 fully saturated rings. The average Bonchev–Trinajstić information content (AvgIpc) is 2.16. The maximum absolute atomic E-state index is 5.51. The van der Waals surface area contributed by atoms with Gasteiger partial charge in [-0.2, -0.15) is 0 Å². The van der Waals surface area contributed by atoms with Gasteiger partial charge in [0.1, 0.15) is 0 Å². The van der Waals surface area contributed by atoms with E-state index in [1.807, 2.05) is 6.07 Å². The van der Waals surface area contributed by atoms with Gasteiger partial charge in [0.25, 0.3) is 0 Å². The van der Waals surface area contributed by atoms with Gasteiger partial charge in [-0.3, -0.25) is 0 Å². The van der Waals surface area contributed by atoms with E-state index in [9.17, 15) is 0 Å². The highest BCUT2D eigenvalue weighted by Crippen LogP contribution is 2.25. The van der Waals surface area contributed by atoms with E-state index < -0.39 is 0 Å². The summed E-state index contributed by atoms with van der Waals surface area (Å²) in [6.07, 6.45) is 0.994. The minimum absolute atomic E-state index is 0.0684. The molecule has 88 valence electrons. The lowest BCUT2D eigenvalue weighted by Crippen LogP contribution is -2.46. The molecule has 3 heteroatoms. The second kappa shape index (κ2) is 5.30. The Morgan fingerprint density at radius 3 is 2.44 bits per heavy atom. The second-order valence-corrected chi connectivity index (χ2v) is 5.33. The maximum atomic E-state index is 5.51. The van der Waals surface area contributed by atoms with Gasteiger partial charge < -0.3 is 11.1 Å². The van der Waals surface area contributed by atoms with Gasteiger partial charge in [0.15, 0.2) is 5.11 Å². The second-order valence-electron chi connectivity index (χ2n) is 4.89. The van der Waals surface area contributed by atoms with Crippen molar-refractivity contribution in [2.24, 2.45) is 5.73 Å². The fourth-order valence-corrected chi connectivity index (χ4v) is 2.33. The number of hydrogen-bond acceptors (Lipinski definition) is 1. The van der Waals surface area contributed by atoms with Gasteiger partial charge in [-0.15, -0.1) is 0 Å². The molecule has 0 aliphatic carbocycles. The van der Waals surface area contributed by atoms with E-state index in [2.05, 4.69) is 50.4 Å². The third-order valence-electron chi connectivity index (χ3n) is 2.65. The number of rotatable bonds is 4. The first-order valence-electron chi connectivity index (χ1n) is 5.53. The van der Waals surface area contributed by atoms with Crippen molar-refractivity contribution in [1.29, 1.82) is 0 Å². The van der Waals surface area contributed by atoms with Crippen molar-refractivity contribution < 1.29 is 0 Å². The van der Waals surface area contributed by atoms with Crippen LogP contribution in [0.2, 0.25) is 0 Å². The maximum Gasteiger partial charge on any atom is 0.164 e. The van der Waals surface area contributed by atoms with Crippen LogP contribution in [0.1, 0.15) is 38.7 Å². The van der Waals surface area contributed by atoms with Crippen molar-refractivity contribution in [3.05, 3.63) is 35.9 Å². The lowest BCUT2D eigenvalue weighted by Gasteiger charge is -2.29. The first-order chi connectivity index (χ1) is 7.41. The lowest BCUT2D eigenvalue weighted by atomic mass is 9.87. The molecule has 1 unspecified atom stereocenters. The monoisotopic (exact) mass is 236 g/mol. The molecule has 0 radical (unpaired) electrons. The van der Waals surface area contributed by atoms with E-state index in [4.69, 9.17) is 18.0 Å². The van der Waals surface area contributed by atoms with Crippen LogP contribution >= 0.6 is 12.2 Å². The Labute approximate surface area is 103 Å². The van der Waals surface area contributed by atoms with Crippen LogP contribution in [0.4, 0.5) is 0 Å². The zero-order valence-electron chi connectivity index (χ0n) is 10.2. The van der Waals surface area contributed by atoms with E-state index in [0.717, 1.165) is 6.42 Å². The van der Waals surface area contributed by atoms with Gasteiger partial charge in [-0.25, -0.2) is 0 Å². The first-order valence-corrected chi connectivity index (χ1v) is 5.94. The summed E-state index contributed by atoms with van der Waals surface area (Å²) < 4.78 is 0. The average molecular weight is 236 g/mol. The molecular formula is C13H20N2S. The van der Waals surface area contributed by atoms with Crippen LogP contribution in [0.5, 0.6) is 0 Å². The van der Waals surface area contributed by atoms with E-state index >= 15 is 0 Å². The van der Waals surface area contributed by atoms with Crippen molar-refractivity contribution in [1.82, 2.24) is 5.32 Å². The first kappa shape index (κ1) is 13.0. The fraction of sp³-hybridized carbons (Fsp3) is 0.462.